The van der Waals surface area contributed by atoms with E-state index in [1.807, 2.05) is 23.2 Å². The number of rotatable bonds is 11. The summed E-state index contributed by atoms with van der Waals surface area (Å²) < 4.78 is 52.2. The van der Waals surface area contributed by atoms with Crippen molar-refractivity contribution in [1.29, 1.82) is 0 Å². The summed E-state index contributed by atoms with van der Waals surface area (Å²) in [5.74, 6) is -0.536. The number of hydrogen-bond donors (Lipinski definition) is 4. The van der Waals surface area contributed by atoms with Gasteiger partial charge in [0.2, 0.25) is 0 Å². The minimum atomic E-state index is -3.93. The Hall–Kier alpha value is -2.75. The normalized spacial score (nSPS) is 24.3. The number of benzene rings is 2. The molecular formula is C26H29ClF2N3O9PS. The van der Waals surface area contributed by atoms with Crippen molar-refractivity contribution in [3.05, 3.63) is 74.5 Å². The van der Waals surface area contributed by atoms with Crippen LogP contribution in [0.2, 0.25) is 5.02 Å². The number of aliphatic hydroxyl groups excluding tert-OH is 2. The Kier molecular flexibility index (Phi) is 10.1. The molecule has 2 aromatic carbocycles. The lowest BCUT2D eigenvalue weighted by atomic mass is 9.96. The summed E-state index contributed by atoms with van der Waals surface area (Å²) in [5.41, 5.74) is -5.03. The lowest BCUT2D eigenvalue weighted by Crippen LogP contribution is -2.53. The van der Waals surface area contributed by atoms with E-state index >= 15 is 0 Å². The summed E-state index contributed by atoms with van der Waals surface area (Å²) in [7, 11) is 0. The SMILES string of the molecule is CC(C)OC(=O)C(C)NP(=S)(OCC1(C(F)F)OC(n2cc(Cl)c(=O)[nH]c2=O)C(O)C1O)Oc1ccc2ccccc2c1. The number of ether oxygens (including phenoxy) is 2. The number of nitrogens with one attached hydrogen (secondary N) is 2. The molecule has 234 valence electrons. The third-order valence-electron chi connectivity index (χ3n) is 6.49. The van der Waals surface area contributed by atoms with Crippen molar-refractivity contribution < 1.29 is 42.3 Å². The highest BCUT2D eigenvalue weighted by Crippen LogP contribution is 2.49. The standard InChI is InChI=1S/C26H29ClF2N3O9PS/c1-13(2)39-23(36)14(3)31-42(43,41-17-9-8-15-6-4-5-7-16(15)10-17)38-12-26(24(28)29)20(34)19(33)22(40-26)32-11-18(27)21(35)30-25(32)37/h4-11,13-14,19-20,22,24,33-34H,12H2,1-3H3,(H,31,43)(H,30,35,37). The first-order valence-electron chi connectivity index (χ1n) is 12.9. The Balaban J connectivity index is 1.66. The molecule has 0 amide bonds. The second-order valence-corrected chi connectivity index (χ2v) is 13.6. The van der Waals surface area contributed by atoms with E-state index in [9.17, 15) is 33.4 Å². The van der Waals surface area contributed by atoms with Gasteiger partial charge in [0.1, 0.15) is 29.0 Å². The molecule has 12 nitrogen and oxygen atoms in total. The number of fused-ring (bicyclic) bond motifs is 1. The van der Waals surface area contributed by atoms with Crippen LogP contribution in [0.1, 0.15) is 27.0 Å². The van der Waals surface area contributed by atoms with E-state index in [-0.39, 0.29) is 5.75 Å². The second kappa shape index (κ2) is 13.1. The van der Waals surface area contributed by atoms with Gasteiger partial charge < -0.3 is 28.7 Å². The monoisotopic (exact) mass is 663 g/mol. The average Bonchev–Trinajstić information content (AvgIpc) is 3.19. The van der Waals surface area contributed by atoms with E-state index in [0.29, 0.717) is 4.57 Å². The van der Waals surface area contributed by atoms with Crippen LogP contribution in [-0.2, 0) is 30.6 Å². The first kappa shape index (κ1) is 33.1. The lowest BCUT2D eigenvalue weighted by molar-refractivity contribution is -0.192. The molecule has 1 aliphatic heterocycles. The molecule has 6 unspecified atom stereocenters. The zero-order valence-corrected chi connectivity index (χ0v) is 25.4. The third-order valence-corrected chi connectivity index (χ3v) is 9.24. The zero-order valence-electron chi connectivity index (χ0n) is 23.0. The van der Waals surface area contributed by atoms with Crippen LogP contribution in [0.4, 0.5) is 8.78 Å². The Morgan fingerprint density at radius 3 is 2.53 bits per heavy atom. The zero-order chi connectivity index (χ0) is 31.7. The quantitative estimate of drug-likeness (QED) is 0.176. The van der Waals surface area contributed by atoms with Gasteiger partial charge in [-0.3, -0.25) is 19.1 Å². The van der Waals surface area contributed by atoms with E-state index in [1.54, 1.807) is 38.1 Å². The van der Waals surface area contributed by atoms with Crippen LogP contribution in [-0.4, -0.2) is 68.7 Å². The Morgan fingerprint density at radius 2 is 1.88 bits per heavy atom. The van der Waals surface area contributed by atoms with Crippen molar-refractivity contribution in [2.24, 2.45) is 0 Å². The maximum absolute atomic E-state index is 14.7. The van der Waals surface area contributed by atoms with Gasteiger partial charge in [-0.25, -0.2) is 18.7 Å². The topological polar surface area (TPSA) is 161 Å². The van der Waals surface area contributed by atoms with Gasteiger partial charge in [-0.2, -0.15) is 0 Å². The summed E-state index contributed by atoms with van der Waals surface area (Å²) in [4.78, 5) is 38.4. The van der Waals surface area contributed by atoms with Gasteiger partial charge in [-0.1, -0.05) is 41.9 Å². The van der Waals surface area contributed by atoms with Crippen LogP contribution >= 0.6 is 18.2 Å². The van der Waals surface area contributed by atoms with Crippen molar-refractivity contribution in [3.63, 3.8) is 0 Å². The predicted molar refractivity (Wildman–Crippen MR) is 156 cm³/mol. The molecule has 0 saturated carbocycles. The number of esters is 1. The number of carbonyl (C=O) groups is 1. The summed E-state index contributed by atoms with van der Waals surface area (Å²) >= 11 is 11.4. The molecule has 17 heteroatoms. The lowest BCUT2D eigenvalue weighted by Gasteiger charge is -2.34. The van der Waals surface area contributed by atoms with Gasteiger partial charge in [0.15, 0.2) is 11.8 Å². The van der Waals surface area contributed by atoms with Crippen molar-refractivity contribution >= 4 is 46.8 Å². The van der Waals surface area contributed by atoms with Crippen molar-refractivity contribution in [3.8, 4) is 5.75 Å². The molecule has 0 spiro atoms. The van der Waals surface area contributed by atoms with Crippen molar-refractivity contribution in [2.75, 3.05) is 6.61 Å². The highest BCUT2D eigenvalue weighted by molar-refractivity contribution is 8.09. The van der Waals surface area contributed by atoms with Gasteiger partial charge in [-0.15, -0.1) is 0 Å². The van der Waals surface area contributed by atoms with E-state index in [4.69, 9.17) is 41.9 Å². The molecule has 1 aliphatic rings. The number of hydrogen-bond acceptors (Lipinski definition) is 10. The van der Waals surface area contributed by atoms with Crippen molar-refractivity contribution in [1.82, 2.24) is 14.6 Å². The van der Waals surface area contributed by atoms with Crippen LogP contribution in [0, 0.1) is 0 Å². The maximum atomic E-state index is 14.7. The third kappa shape index (κ3) is 7.15. The van der Waals surface area contributed by atoms with E-state index in [2.05, 4.69) is 5.09 Å². The number of alkyl halides is 2. The first-order valence-corrected chi connectivity index (χ1v) is 15.9. The minimum absolute atomic E-state index is 0.185. The molecule has 6 atom stereocenters. The predicted octanol–water partition coefficient (Wildman–Crippen LogP) is 2.85. The molecule has 2 heterocycles. The van der Waals surface area contributed by atoms with Gasteiger partial charge in [0.05, 0.1) is 12.7 Å². The number of aromatic amines is 1. The molecule has 1 aromatic heterocycles. The van der Waals surface area contributed by atoms with Gasteiger partial charge >= 0.3 is 18.3 Å². The summed E-state index contributed by atoms with van der Waals surface area (Å²) in [6, 6.07) is 11.1. The molecule has 1 fully saturated rings. The number of aliphatic hydroxyl groups is 2. The van der Waals surface area contributed by atoms with E-state index in [0.717, 1.165) is 17.0 Å². The fourth-order valence-corrected chi connectivity index (χ4v) is 6.87. The van der Waals surface area contributed by atoms with E-state index in [1.165, 1.54) is 6.92 Å². The van der Waals surface area contributed by atoms with Crippen LogP contribution in [0.15, 0.2) is 58.3 Å². The number of H-pyrrole nitrogens is 1. The molecule has 4 rings (SSSR count). The Morgan fingerprint density at radius 1 is 1.21 bits per heavy atom. The highest BCUT2D eigenvalue weighted by Gasteiger charge is 2.61. The number of halogens is 3. The number of carbonyl (C=O) groups excluding carboxylic acids is 1. The first-order chi connectivity index (χ1) is 20.2. The molecule has 0 aliphatic carbocycles. The van der Waals surface area contributed by atoms with Gasteiger partial charge in [0, 0.05) is 6.20 Å². The molecule has 3 aromatic rings. The Bertz CT molecular complexity index is 1660. The Labute approximate surface area is 253 Å². The average molecular weight is 664 g/mol. The summed E-state index contributed by atoms with van der Waals surface area (Å²) in [6.07, 6.45) is -9.50. The molecular weight excluding hydrogens is 635 g/mol. The van der Waals surface area contributed by atoms with Crippen molar-refractivity contribution in [2.45, 2.75) is 63.4 Å². The van der Waals surface area contributed by atoms with Crippen LogP contribution in [0.5, 0.6) is 5.75 Å². The van der Waals surface area contributed by atoms with Crippen LogP contribution in [0.3, 0.4) is 0 Å². The second-order valence-electron chi connectivity index (χ2n) is 10.1. The maximum Gasteiger partial charge on any atom is 0.330 e. The molecule has 0 radical (unpaired) electrons. The largest absolute Gasteiger partial charge is 0.462 e. The molecule has 1 saturated heterocycles. The van der Waals surface area contributed by atoms with Crippen LogP contribution in [0.25, 0.3) is 10.8 Å². The van der Waals surface area contributed by atoms with Gasteiger partial charge in [-0.05, 0) is 55.5 Å². The smallest absolute Gasteiger partial charge is 0.330 e. The minimum Gasteiger partial charge on any atom is -0.462 e. The molecule has 43 heavy (non-hydrogen) atoms. The number of nitrogens with zero attached hydrogens (tertiary/aromatic N) is 1. The fraction of sp³-hybridized carbons (Fsp3) is 0.423. The summed E-state index contributed by atoms with van der Waals surface area (Å²) in [5, 5.41) is 25.3. The van der Waals surface area contributed by atoms with Gasteiger partial charge in [0.25, 0.3) is 12.0 Å². The summed E-state index contributed by atoms with van der Waals surface area (Å²) in [6.45, 7) is -0.405. The fourth-order valence-electron chi connectivity index (χ4n) is 4.31. The van der Waals surface area contributed by atoms with E-state index < -0.39 is 78.1 Å². The molecule has 0 bridgehead atoms. The highest BCUT2D eigenvalue weighted by atomic mass is 35.5. The van der Waals surface area contributed by atoms with Crippen LogP contribution < -0.4 is 20.9 Å². The number of aromatic nitrogens is 2. The molecule has 4 N–H and O–H groups in total.